The number of halogens is 2. The second kappa shape index (κ2) is 5.29. The van der Waals surface area contributed by atoms with Gasteiger partial charge in [-0.05, 0) is 35.0 Å². The van der Waals surface area contributed by atoms with Crippen LogP contribution in [0.25, 0.3) is 0 Å². The fraction of sp³-hybridized carbons (Fsp3) is 0.200. The van der Waals surface area contributed by atoms with Crippen LogP contribution in [0.5, 0.6) is 0 Å². The van der Waals surface area contributed by atoms with E-state index < -0.39 is 5.97 Å². The summed E-state index contributed by atoms with van der Waals surface area (Å²) in [5.41, 5.74) is 0.553. The molecule has 1 aromatic carbocycles. The largest absolute Gasteiger partial charge is 0.462 e. The lowest BCUT2D eigenvalue weighted by molar-refractivity contribution is 0.0526. The molecule has 0 bridgehead atoms. The summed E-state index contributed by atoms with van der Waals surface area (Å²) < 4.78 is 6.14. The Kier molecular flexibility index (Phi) is 4.30. The molecule has 3 nitrogen and oxygen atoms in total. The Labute approximate surface area is 104 Å². The van der Waals surface area contributed by atoms with E-state index in [0.29, 0.717) is 4.47 Å². The van der Waals surface area contributed by atoms with Gasteiger partial charge >= 0.3 is 5.97 Å². The molecule has 0 fully saturated rings. The average molecular weight is 333 g/mol. The van der Waals surface area contributed by atoms with E-state index in [4.69, 9.17) is 10.00 Å². The van der Waals surface area contributed by atoms with E-state index in [9.17, 15) is 4.79 Å². The molecule has 0 saturated carbocycles. The van der Waals surface area contributed by atoms with E-state index in [0.717, 1.165) is 4.47 Å². The van der Waals surface area contributed by atoms with Crippen molar-refractivity contribution >= 4 is 37.8 Å². The topological polar surface area (TPSA) is 50.1 Å². The van der Waals surface area contributed by atoms with Crippen LogP contribution in [0.3, 0.4) is 0 Å². The van der Waals surface area contributed by atoms with Crippen molar-refractivity contribution in [3.8, 4) is 6.07 Å². The van der Waals surface area contributed by atoms with Crippen molar-refractivity contribution in [2.24, 2.45) is 0 Å². The fourth-order valence-corrected chi connectivity index (χ4v) is 2.37. The third kappa shape index (κ3) is 2.80. The first kappa shape index (κ1) is 12.2. The van der Waals surface area contributed by atoms with Gasteiger partial charge in [0, 0.05) is 8.95 Å². The lowest BCUT2D eigenvalue weighted by atomic mass is 10.1. The van der Waals surface area contributed by atoms with Crippen molar-refractivity contribution in [1.82, 2.24) is 0 Å². The molecule has 15 heavy (non-hydrogen) atoms. The maximum atomic E-state index is 11.5. The second-order valence-electron chi connectivity index (χ2n) is 2.64. The number of carbonyl (C=O) groups is 1. The number of nitrogens with zero attached hydrogens (tertiary/aromatic N) is 1. The molecule has 1 aromatic rings. The summed E-state index contributed by atoms with van der Waals surface area (Å²) in [6.45, 7) is 2.00. The molecule has 0 atom stereocenters. The molecule has 0 unspecified atom stereocenters. The van der Waals surface area contributed by atoms with Gasteiger partial charge in [0.2, 0.25) is 0 Å². The molecule has 0 spiro atoms. The number of esters is 1. The lowest BCUT2D eigenvalue weighted by Gasteiger charge is -2.05. The Morgan fingerprint density at radius 3 is 2.73 bits per heavy atom. The van der Waals surface area contributed by atoms with Crippen molar-refractivity contribution in [2.75, 3.05) is 6.61 Å². The van der Waals surface area contributed by atoms with Crippen LogP contribution >= 0.6 is 31.9 Å². The van der Waals surface area contributed by atoms with Gasteiger partial charge in [-0.2, -0.15) is 5.26 Å². The van der Waals surface area contributed by atoms with Crippen LogP contribution in [0.1, 0.15) is 22.8 Å². The highest BCUT2D eigenvalue weighted by Gasteiger charge is 2.16. The van der Waals surface area contributed by atoms with Crippen LogP contribution in [-0.4, -0.2) is 12.6 Å². The normalized spacial score (nSPS) is 9.47. The summed E-state index contributed by atoms with van der Waals surface area (Å²) in [7, 11) is 0. The molecule has 0 aliphatic carbocycles. The van der Waals surface area contributed by atoms with Gasteiger partial charge in [0.15, 0.2) is 0 Å². The van der Waals surface area contributed by atoms with E-state index >= 15 is 0 Å². The van der Waals surface area contributed by atoms with Gasteiger partial charge in [-0.3, -0.25) is 0 Å². The van der Waals surface area contributed by atoms with Crippen LogP contribution in [0.2, 0.25) is 0 Å². The average Bonchev–Trinajstić information content (AvgIpc) is 2.17. The number of ether oxygens (including phenoxy) is 1. The molecule has 0 radical (unpaired) electrons. The fourth-order valence-electron chi connectivity index (χ4n) is 1.06. The smallest absolute Gasteiger partial charge is 0.339 e. The van der Waals surface area contributed by atoms with Crippen molar-refractivity contribution < 1.29 is 9.53 Å². The number of hydrogen-bond donors (Lipinski definition) is 0. The molecule has 0 amide bonds. The van der Waals surface area contributed by atoms with Crippen LogP contribution in [0.4, 0.5) is 0 Å². The highest BCUT2D eigenvalue weighted by atomic mass is 79.9. The van der Waals surface area contributed by atoms with Gasteiger partial charge in [-0.15, -0.1) is 0 Å². The van der Waals surface area contributed by atoms with E-state index in [2.05, 4.69) is 31.9 Å². The first-order valence-electron chi connectivity index (χ1n) is 4.16. The van der Waals surface area contributed by atoms with Gasteiger partial charge < -0.3 is 4.74 Å². The van der Waals surface area contributed by atoms with Gasteiger partial charge in [-0.25, -0.2) is 4.79 Å². The van der Waals surface area contributed by atoms with Crippen molar-refractivity contribution in [1.29, 1.82) is 5.26 Å². The number of nitriles is 1. The van der Waals surface area contributed by atoms with Crippen molar-refractivity contribution in [2.45, 2.75) is 6.92 Å². The zero-order valence-electron chi connectivity index (χ0n) is 7.88. The molecule has 0 aliphatic heterocycles. The molecule has 0 aliphatic rings. The summed E-state index contributed by atoms with van der Waals surface area (Å²) in [6, 6.07) is 5.24. The molecule has 0 heterocycles. The summed E-state index contributed by atoms with van der Waals surface area (Å²) in [4.78, 5) is 11.5. The minimum absolute atomic E-state index is 0.264. The minimum Gasteiger partial charge on any atom is -0.462 e. The zero-order chi connectivity index (χ0) is 11.4. The quantitative estimate of drug-likeness (QED) is 0.781. The summed E-state index contributed by atoms with van der Waals surface area (Å²) in [5, 5.41) is 8.90. The third-order valence-electron chi connectivity index (χ3n) is 1.66. The Balaban J connectivity index is 3.28. The van der Waals surface area contributed by atoms with Crippen LogP contribution in [0.15, 0.2) is 21.1 Å². The molecule has 0 aromatic heterocycles. The Hall–Kier alpha value is -0.860. The Morgan fingerprint density at radius 2 is 2.20 bits per heavy atom. The predicted octanol–water partition coefficient (Wildman–Crippen LogP) is 3.26. The number of carbonyl (C=O) groups excluding carboxylic acids is 1. The SMILES string of the molecule is CCOC(=O)c1cc(Br)cc(Br)c1C#N. The Bertz CT molecular complexity index is 438. The zero-order valence-corrected chi connectivity index (χ0v) is 11.1. The van der Waals surface area contributed by atoms with E-state index in [1.807, 2.05) is 6.07 Å². The molecular weight excluding hydrogens is 326 g/mol. The summed E-state index contributed by atoms with van der Waals surface area (Å²) in [6.07, 6.45) is 0. The van der Waals surface area contributed by atoms with Crippen molar-refractivity contribution in [3.05, 3.63) is 32.2 Å². The maximum Gasteiger partial charge on any atom is 0.339 e. The molecule has 1 rings (SSSR count). The van der Waals surface area contributed by atoms with Gasteiger partial charge in [0.1, 0.15) is 6.07 Å². The van der Waals surface area contributed by atoms with Crippen LogP contribution in [-0.2, 0) is 4.74 Å². The lowest BCUT2D eigenvalue weighted by Crippen LogP contribution is -2.07. The first-order chi connectivity index (χ1) is 7.10. The van der Waals surface area contributed by atoms with E-state index in [-0.39, 0.29) is 17.7 Å². The predicted molar refractivity (Wildman–Crippen MR) is 62.5 cm³/mol. The first-order valence-corrected chi connectivity index (χ1v) is 5.75. The monoisotopic (exact) mass is 331 g/mol. The number of rotatable bonds is 2. The van der Waals surface area contributed by atoms with Crippen LogP contribution in [0, 0.1) is 11.3 Å². The third-order valence-corrected chi connectivity index (χ3v) is 2.75. The van der Waals surface area contributed by atoms with E-state index in [1.165, 1.54) is 0 Å². The molecular formula is C10H7Br2NO2. The van der Waals surface area contributed by atoms with Gasteiger partial charge in [-0.1, -0.05) is 15.9 Å². The standard InChI is InChI=1S/C10H7Br2NO2/c1-2-15-10(14)7-3-6(11)4-9(12)8(7)5-13/h3-4H,2H2,1H3. The summed E-state index contributed by atoms with van der Waals surface area (Å²) in [5.74, 6) is -0.490. The molecule has 5 heteroatoms. The molecule has 0 saturated heterocycles. The highest BCUT2D eigenvalue weighted by molar-refractivity contribution is 9.11. The van der Waals surface area contributed by atoms with Gasteiger partial charge in [0.25, 0.3) is 0 Å². The van der Waals surface area contributed by atoms with E-state index in [1.54, 1.807) is 19.1 Å². The summed E-state index contributed by atoms with van der Waals surface area (Å²) >= 11 is 6.47. The van der Waals surface area contributed by atoms with Gasteiger partial charge in [0.05, 0.1) is 17.7 Å². The maximum absolute atomic E-state index is 11.5. The Morgan fingerprint density at radius 1 is 1.53 bits per heavy atom. The van der Waals surface area contributed by atoms with Crippen LogP contribution < -0.4 is 0 Å². The molecule has 0 N–H and O–H groups in total. The molecule has 78 valence electrons. The highest BCUT2D eigenvalue weighted by Crippen LogP contribution is 2.26. The van der Waals surface area contributed by atoms with Crippen molar-refractivity contribution in [3.63, 3.8) is 0 Å². The minimum atomic E-state index is -0.490. The second-order valence-corrected chi connectivity index (χ2v) is 4.41. The number of benzene rings is 1. The number of hydrogen-bond acceptors (Lipinski definition) is 3.